The van der Waals surface area contributed by atoms with E-state index >= 15 is 0 Å². The van der Waals surface area contributed by atoms with Crippen molar-refractivity contribution in [3.05, 3.63) is 58.9 Å². The number of imidazole rings is 1. The van der Waals surface area contributed by atoms with Crippen LogP contribution >= 0.6 is 11.8 Å². The van der Waals surface area contributed by atoms with Crippen LogP contribution in [0.15, 0.2) is 41.6 Å². The number of hydrogen-bond acceptors (Lipinski definition) is 3. The van der Waals surface area contributed by atoms with E-state index in [1.165, 1.54) is 23.4 Å². The molecule has 0 fully saturated rings. The zero-order valence-corrected chi connectivity index (χ0v) is 12.5. The lowest BCUT2D eigenvalue weighted by Crippen LogP contribution is -1.98. The van der Waals surface area contributed by atoms with Crippen LogP contribution in [0.25, 0.3) is 11.0 Å². The second kappa shape index (κ2) is 5.87. The van der Waals surface area contributed by atoms with Crippen molar-refractivity contribution in [2.75, 3.05) is 0 Å². The maximum Gasteiger partial charge on any atom is 0.166 e. The van der Waals surface area contributed by atoms with Gasteiger partial charge in [-0.05, 0) is 41.8 Å². The first-order valence-electron chi connectivity index (χ1n) is 6.72. The number of aromatic amines is 1. The number of hydrogen-bond donors (Lipinski definition) is 2. The van der Waals surface area contributed by atoms with Crippen LogP contribution in [0.5, 0.6) is 0 Å². The van der Waals surface area contributed by atoms with E-state index in [2.05, 4.69) is 16.0 Å². The highest BCUT2D eigenvalue weighted by Gasteiger charge is 2.07. The summed E-state index contributed by atoms with van der Waals surface area (Å²) < 4.78 is 13.9. The highest BCUT2D eigenvalue weighted by molar-refractivity contribution is 7.98. The van der Waals surface area contributed by atoms with Crippen LogP contribution in [0.3, 0.4) is 0 Å². The number of benzene rings is 2. The highest BCUT2D eigenvalue weighted by Crippen LogP contribution is 2.25. The Labute approximate surface area is 126 Å². The quantitative estimate of drug-likeness (QED) is 0.721. The molecule has 1 aromatic heterocycles. The van der Waals surface area contributed by atoms with E-state index in [0.717, 1.165) is 21.8 Å². The predicted octanol–water partition coefficient (Wildman–Crippen LogP) is 3.76. The molecule has 0 radical (unpaired) electrons. The van der Waals surface area contributed by atoms with Crippen molar-refractivity contribution in [1.82, 2.24) is 9.97 Å². The third-order valence-electron chi connectivity index (χ3n) is 3.33. The monoisotopic (exact) mass is 301 g/mol. The normalized spacial score (nSPS) is 11.2. The van der Waals surface area contributed by atoms with Crippen molar-refractivity contribution in [3.8, 4) is 0 Å². The van der Waals surface area contributed by atoms with Gasteiger partial charge in [0.1, 0.15) is 5.82 Å². The van der Waals surface area contributed by atoms with Crippen LogP contribution in [-0.2, 0) is 12.3 Å². The number of nitrogens with one attached hydrogen (secondary N) is 1. The average molecular weight is 301 g/mol. The number of halogens is 1. The maximum atomic E-state index is 13.9. The number of aryl methyl sites for hydroxylation is 1. The van der Waals surface area contributed by atoms with Crippen molar-refractivity contribution in [2.24, 2.45) is 5.73 Å². The van der Waals surface area contributed by atoms with Crippen molar-refractivity contribution in [1.29, 1.82) is 0 Å². The second-order valence-corrected chi connectivity index (χ2v) is 5.95. The van der Waals surface area contributed by atoms with Gasteiger partial charge in [-0.3, -0.25) is 0 Å². The molecule has 2 aromatic carbocycles. The van der Waals surface area contributed by atoms with Crippen molar-refractivity contribution >= 4 is 22.8 Å². The number of H-pyrrole nitrogens is 1. The van der Waals surface area contributed by atoms with Crippen molar-refractivity contribution in [2.45, 2.75) is 24.4 Å². The molecule has 0 unspecified atom stereocenters. The predicted molar refractivity (Wildman–Crippen MR) is 84.7 cm³/mol. The Balaban J connectivity index is 1.77. The lowest BCUT2D eigenvalue weighted by molar-refractivity contribution is 0.615. The number of rotatable bonds is 4. The van der Waals surface area contributed by atoms with Gasteiger partial charge in [-0.1, -0.05) is 30.0 Å². The molecule has 1 heterocycles. The summed E-state index contributed by atoms with van der Waals surface area (Å²) in [4.78, 5) is 7.76. The maximum absolute atomic E-state index is 13.9. The summed E-state index contributed by atoms with van der Waals surface area (Å²) in [5.41, 5.74) is 10.1. The van der Waals surface area contributed by atoms with Crippen LogP contribution in [-0.4, -0.2) is 9.97 Å². The van der Waals surface area contributed by atoms with Crippen LogP contribution in [0.4, 0.5) is 4.39 Å². The Hall–Kier alpha value is -1.85. The lowest BCUT2D eigenvalue weighted by atomic mass is 10.1. The third-order valence-corrected chi connectivity index (χ3v) is 4.26. The zero-order chi connectivity index (χ0) is 14.8. The molecular formula is C16H16FN3S. The van der Waals surface area contributed by atoms with Crippen LogP contribution in [0.1, 0.15) is 16.7 Å². The SMILES string of the molecule is Cc1ccc2nc(SCc3ccc(CN)cc3F)[nH]c2c1. The minimum atomic E-state index is -0.211. The van der Waals surface area contributed by atoms with Crippen molar-refractivity contribution in [3.63, 3.8) is 0 Å². The van der Waals surface area contributed by atoms with E-state index in [1.54, 1.807) is 6.07 Å². The summed E-state index contributed by atoms with van der Waals surface area (Å²) in [7, 11) is 0. The van der Waals surface area contributed by atoms with E-state index in [0.29, 0.717) is 17.9 Å². The number of aromatic nitrogens is 2. The van der Waals surface area contributed by atoms with Gasteiger partial charge in [0.05, 0.1) is 11.0 Å². The average Bonchev–Trinajstić information content (AvgIpc) is 2.87. The summed E-state index contributed by atoms with van der Waals surface area (Å²) in [5, 5.41) is 0.804. The first kappa shape index (κ1) is 14.1. The van der Waals surface area contributed by atoms with E-state index in [1.807, 2.05) is 25.1 Å². The molecular weight excluding hydrogens is 285 g/mol. The molecule has 0 aliphatic heterocycles. The van der Waals surface area contributed by atoms with E-state index in [-0.39, 0.29) is 5.82 Å². The van der Waals surface area contributed by atoms with Crippen molar-refractivity contribution < 1.29 is 4.39 Å². The van der Waals surface area contributed by atoms with Gasteiger partial charge in [-0.15, -0.1) is 0 Å². The topological polar surface area (TPSA) is 54.7 Å². The van der Waals surface area contributed by atoms with Crippen LogP contribution in [0.2, 0.25) is 0 Å². The first-order valence-corrected chi connectivity index (χ1v) is 7.71. The molecule has 5 heteroatoms. The highest BCUT2D eigenvalue weighted by atomic mass is 32.2. The molecule has 0 aliphatic rings. The van der Waals surface area contributed by atoms with Gasteiger partial charge in [0.15, 0.2) is 5.16 Å². The standard InChI is InChI=1S/C16H16FN3S/c1-10-2-5-14-15(6-10)20-16(19-14)21-9-12-4-3-11(8-18)7-13(12)17/h2-7H,8-9,18H2,1H3,(H,19,20). The number of fused-ring (bicyclic) bond motifs is 1. The van der Waals surface area contributed by atoms with Crippen LogP contribution < -0.4 is 5.73 Å². The molecule has 0 atom stereocenters. The van der Waals surface area contributed by atoms with Gasteiger partial charge in [0.25, 0.3) is 0 Å². The minimum Gasteiger partial charge on any atom is -0.333 e. The van der Waals surface area contributed by atoms with Gasteiger partial charge < -0.3 is 10.7 Å². The van der Waals surface area contributed by atoms with Gasteiger partial charge in [0.2, 0.25) is 0 Å². The Morgan fingerprint density at radius 1 is 1.24 bits per heavy atom. The summed E-state index contributed by atoms with van der Waals surface area (Å²) in [6.45, 7) is 2.40. The molecule has 0 amide bonds. The molecule has 108 valence electrons. The first-order chi connectivity index (χ1) is 10.2. The third kappa shape index (κ3) is 3.09. The second-order valence-electron chi connectivity index (χ2n) is 4.98. The summed E-state index contributed by atoms with van der Waals surface area (Å²) in [6.07, 6.45) is 0. The molecule has 3 N–H and O–H groups in total. The zero-order valence-electron chi connectivity index (χ0n) is 11.7. The molecule has 0 saturated heterocycles. The molecule has 3 nitrogen and oxygen atoms in total. The van der Waals surface area contributed by atoms with Crippen LogP contribution in [0, 0.1) is 12.7 Å². The smallest absolute Gasteiger partial charge is 0.166 e. The van der Waals surface area contributed by atoms with Gasteiger partial charge >= 0.3 is 0 Å². The molecule has 0 saturated carbocycles. The lowest BCUT2D eigenvalue weighted by Gasteiger charge is -2.03. The van der Waals surface area contributed by atoms with Gasteiger partial charge in [-0.25, -0.2) is 9.37 Å². The van der Waals surface area contributed by atoms with E-state index < -0.39 is 0 Å². The fraction of sp³-hybridized carbons (Fsp3) is 0.188. The summed E-state index contributed by atoms with van der Waals surface area (Å²) in [6, 6.07) is 11.2. The number of thioether (sulfide) groups is 1. The fourth-order valence-electron chi connectivity index (χ4n) is 2.15. The molecule has 0 spiro atoms. The number of nitrogens with two attached hydrogens (primary N) is 1. The van der Waals surface area contributed by atoms with E-state index in [4.69, 9.17) is 5.73 Å². The Bertz CT molecular complexity index is 782. The molecule has 0 bridgehead atoms. The summed E-state index contributed by atoms with van der Waals surface area (Å²) in [5.74, 6) is 0.326. The Morgan fingerprint density at radius 3 is 2.86 bits per heavy atom. The fourth-order valence-corrected chi connectivity index (χ4v) is 3.02. The molecule has 0 aliphatic carbocycles. The number of nitrogens with zero attached hydrogens (tertiary/aromatic N) is 1. The Kier molecular flexibility index (Phi) is 3.94. The van der Waals surface area contributed by atoms with Gasteiger partial charge in [0, 0.05) is 12.3 Å². The molecule has 3 rings (SSSR count). The van der Waals surface area contributed by atoms with Gasteiger partial charge in [-0.2, -0.15) is 0 Å². The largest absolute Gasteiger partial charge is 0.333 e. The Morgan fingerprint density at radius 2 is 2.10 bits per heavy atom. The summed E-state index contributed by atoms with van der Waals surface area (Å²) >= 11 is 1.49. The van der Waals surface area contributed by atoms with E-state index in [9.17, 15) is 4.39 Å². The minimum absolute atomic E-state index is 0.211. The molecule has 3 aromatic rings. The molecule has 21 heavy (non-hydrogen) atoms.